The molecule has 2 heterocycles. The number of rotatable bonds is 8. The second-order valence-electron chi connectivity index (χ2n) is 9.36. The molecule has 0 radical (unpaired) electrons. The lowest BCUT2D eigenvalue weighted by molar-refractivity contribution is -0.137. The number of nitrogens with zero attached hydrogens (tertiary/aromatic N) is 4. The fourth-order valence-corrected chi connectivity index (χ4v) is 4.75. The molecule has 29 heavy (non-hydrogen) atoms. The van der Waals surface area contributed by atoms with E-state index in [1.54, 1.807) is 12.4 Å². The number of hydrogen-bond donors (Lipinski definition) is 1. The minimum atomic E-state index is -0.840. The van der Waals surface area contributed by atoms with E-state index in [2.05, 4.69) is 40.9 Å². The summed E-state index contributed by atoms with van der Waals surface area (Å²) in [6.45, 7) is 7.04. The highest BCUT2D eigenvalue weighted by Crippen LogP contribution is 2.53. The standard InChI is InChI=1S/C22H32N4O3/c1-21(2,3)22(9-5-4-6-10-22)11-7-8-16(12-18(27)28)19-25-20(29-26-19)17-13-23-15-24-14-17/h13-16H,4-12H2,1-3H3,(H,27,28)/t16-/m1/s1. The Morgan fingerprint density at radius 1 is 1.21 bits per heavy atom. The summed E-state index contributed by atoms with van der Waals surface area (Å²) < 4.78 is 5.35. The van der Waals surface area contributed by atoms with Crippen LogP contribution in [0.15, 0.2) is 23.2 Å². The lowest BCUT2D eigenvalue weighted by Crippen LogP contribution is -2.37. The molecule has 0 saturated heterocycles. The maximum Gasteiger partial charge on any atom is 0.304 e. The van der Waals surface area contributed by atoms with Crippen LogP contribution >= 0.6 is 0 Å². The van der Waals surface area contributed by atoms with Gasteiger partial charge in [0.05, 0.1) is 12.0 Å². The van der Waals surface area contributed by atoms with E-state index >= 15 is 0 Å². The van der Waals surface area contributed by atoms with E-state index in [0.717, 1.165) is 19.3 Å². The van der Waals surface area contributed by atoms with Crippen molar-refractivity contribution in [3.05, 3.63) is 24.5 Å². The van der Waals surface area contributed by atoms with Gasteiger partial charge in [0.15, 0.2) is 5.82 Å². The zero-order valence-electron chi connectivity index (χ0n) is 17.7. The summed E-state index contributed by atoms with van der Waals surface area (Å²) in [6, 6.07) is 0. The fraction of sp³-hybridized carbons (Fsp3) is 0.682. The second-order valence-corrected chi connectivity index (χ2v) is 9.36. The van der Waals surface area contributed by atoms with Gasteiger partial charge in [-0.3, -0.25) is 4.79 Å². The Morgan fingerprint density at radius 2 is 1.90 bits per heavy atom. The van der Waals surface area contributed by atoms with Crippen molar-refractivity contribution in [1.82, 2.24) is 20.1 Å². The van der Waals surface area contributed by atoms with E-state index in [0.29, 0.717) is 22.7 Å². The Hall–Kier alpha value is -2.31. The molecule has 2 aromatic rings. The molecule has 1 aliphatic rings. The second kappa shape index (κ2) is 9.01. The zero-order valence-corrected chi connectivity index (χ0v) is 17.7. The molecule has 0 aliphatic heterocycles. The average molecular weight is 401 g/mol. The molecule has 7 nitrogen and oxygen atoms in total. The van der Waals surface area contributed by atoms with E-state index in [4.69, 9.17) is 4.52 Å². The van der Waals surface area contributed by atoms with E-state index in [1.807, 2.05) is 0 Å². The van der Waals surface area contributed by atoms with Crippen LogP contribution in [0.25, 0.3) is 11.5 Å². The molecule has 0 spiro atoms. The van der Waals surface area contributed by atoms with Gasteiger partial charge in [0, 0.05) is 18.3 Å². The van der Waals surface area contributed by atoms with Crippen LogP contribution in [0.2, 0.25) is 0 Å². The predicted octanol–water partition coefficient (Wildman–Crippen LogP) is 5.25. The zero-order chi connectivity index (χ0) is 20.9. The number of aliphatic carboxylic acids is 1. The highest BCUT2D eigenvalue weighted by molar-refractivity contribution is 5.67. The van der Waals surface area contributed by atoms with Gasteiger partial charge in [0.2, 0.25) is 0 Å². The minimum Gasteiger partial charge on any atom is -0.481 e. The molecule has 3 rings (SSSR count). The highest BCUT2D eigenvalue weighted by atomic mass is 16.5. The molecule has 158 valence electrons. The molecule has 1 fully saturated rings. The normalized spacial score (nSPS) is 17.8. The van der Waals surface area contributed by atoms with Crippen molar-refractivity contribution >= 4 is 5.97 Å². The van der Waals surface area contributed by atoms with Crippen molar-refractivity contribution in [3.63, 3.8) is 0 Å². The molecule has 0 unspecified atom stereocenters. The van der Waals surface area contributed by atoms with Gasteiger partial charge < -0.3 is 9.63 Å². The van der Waals surface area contributed by atoms with Crippen molar-refractivity contribution in [2.45, 2.75) is 84.5 Å². The first-order valence-corrected chi connectivity index (χ1v) is 10.6. The molecule has 7 heteroatoms. The van der Waals surface area contributed by atoms with E-state index in [9.17, 15) is 9.90 Å². The lowest BCUT2D eigenvalue weighted by Gasteiger charge is -2.48. The Kier molecular flexibility index (Phi) is 6.65. The van der Waals surface area contributed by atoms with Crippen LogP contribution in [0.4, 0.5) is 0 Å². The van der Waals surface area contributed by atoms with E-state index in [-0.39, 0.29) is 17.8 Å². The molecule has 1 atom stereocenters. The summed E-state index contributed by atoms with van der Waals surface area (Å²) in [5.41, 5.74) is 1.22. The summed E-state index contributed by atoms with van der Waals surface area (Å²) in [5, 5.41) is 13.5. The largest absolute Gasteiger partial charge is 0.481 e. The maximum absolute atomic E-state index is 11.4. The highest BCUT2D eigenvalue weighted by Gasteiger charge is 2.41. The van der Waals surface area contributed by atoms with Gasteiger partial charge in [0.25, 0.3) is 5.89 Å². The van der Waals surface area contributed by atoms with Crippen LogP contribution in [0.1, 0.15) is 90.3 Å². The van der Waals surface area contributed by atoms with Gasteiger partial charge in [-0.1, -0.05) is 51.6 Å². The molecular weight excluding hydrogens is 368 g/mol. The summed E-state index contributed by atoms with van der Waals surface area (Å²) in [6.07, 6.45) is 13.9. The van der Waals surface area contributed by atoms with Crippen LogP contribution in [0.3, 0.4) is 0 Å². The maximum atomic E-state index is 11.4. The number of carboxylic acid groups (broad SMARTS) is 1. The van der Waals surface area contributed by atoms with Crippen molar-refractivity contribution in [1.29, 1.82) is 0 Å². The summed E-state index contributed by atoms with van der Waals surface area (Å²) in [7, 11) is 0. The van der Waals surface area contributed by atoms with Crippen molar-refractivity contribution in [2.75, 3.05) is 0 Å². The smallest absolute Gasteiger partial charge is 0.304 e. The van der Waals surface area contributed by atoms with Crippen LogP contribution in [0, 0.1) is 10.8 Å². The minimum absolute atomic E-state index is 0.00673. The molecule has 1 aliphatic carbocycles. The van der Waals surface area contributed by atoms with Gasteiger partial charge in [-0.15, -0.1) is 0 Å². The Bertz CT molecular complexity index is 792. The summed E-state index contributed by atoms with van der Waals surface area (Å²) >= 11 is 0. The summed E-state index contributed by atoms with van der Waals surface area (Å²) in [5.74, 6) is -0.308. The number of aromatic nitrogens is 4. The van der Waals surface area contributed by atoms with Gasteiger partial charge >= 0.3 is 5.97 Å². The third-order valence-electron chi connectivity index (χ3n) is 6.64. The van der Waals surface area contributed by atoms with Crippen molar-refractivity contribution in [3.8, 4) is 11.5 Å². The lowest BCUT2D eigenvalue weighted by atomic mass is 9.57. The van der Waals surface area contributed by atoms with Gasteiger partial charge in [-0.2, -0.15) is 4.98 Å². The van der Waals surface area contributed by atoms with E-state index in [1.165, 1.54) is 38.4 Å². The van der Waals surface area contributed by atoms with Crippen LogP contribution in [0.5, 0.6) is 0 Å². The monoisotopic (exact) mass is 400 g/mol. The van der Waals surface area contributed by atoms with Crippen LogP contribution < -0.4 is 0 Å². The Balaban J connectivity index is 1.70. The quantitative estimate of drug-likeness (QED) is 0.645. The fourth-order valence-electron chi connectivity index (χ4n) is 4.75. The average Bonchev–Trinajstić information content (AvgIpc) is 3.18. The first kappa shape index (κ1) is 21.4. The van der Waals surface area contributed by atoms with Gasteiger partial charge in [0.1, 0.15) is 6.33 Å². The Labute approximate surface area is 172 Å². The third kappa shape index (κ3) is 5.19. The molecular formula is C22H32N4O3. The topological polar surface area (TPSA) is 102 Å². The first-order chi connectivity index (χ1) is 13.8. The van der Waals surface area contributed by atoms with Crippen molar-refractivity contribution < 1.29 is 14.4 Å². The molecule has 1 N–H and O–H groups in total. The molecule has 0 aromatic carbocycles. The summed E-state index contributed by atoms with van der Waals surface area (Å²) in [4.78, 5) is 23.8. The van der Waals surface area contributed by atoms with Crippen LogP contribution in [-0.2, 0) is 4.79 Å². The van der Waals surface area contributed by atoms with E-state index < -0.39 is 5.97 Å². The predicted molar refractivity (Wildman–Crippen MR) is 109 cm³/mol. The van der Waals surface area contributed by atoms with Gasteiger partial charge in [-0.25, -0.2) is 9.97 Å². The Morgan fingerprint density at radius 3 is 2.52 bits per heavy atom. The number of hydrogen-bond acceptors (Lipinski definition) is 6. The number of carboxylic acids is 1. The molecule has 2 aromatic heterocycles. The number of carbonyl (C=O) groups is 1. The van der Waals surface area contributed by atoms with Gasteiger partial charge in [-0.05, 0) is 36.5 Å². The molecule has 0 bridgehead atoms. The first-order valence-electron chi connectivity index (χ1n) is 10.6. The third-order valence-corrected chi connectivity index (χ3v) is 6.64. The van der Waals surface area contributed by atoms with Crippen molar-refractivity contribution in [2.24, 2.45) is 10.8 Å². The SMILES string of the molecule is CC(C)(C)C1(CCC[C@H](CC(=O)O)c2noc(-c3cncnc3)n2)CCCCC1. The molecule has 1 saturated carbocycles. The van der Waals surface area contributed by atoms with Crippen LogP contribution in [-0.4, -0.2) is 31.2 Å². The molecule has 0 amide bonds.